The van der Waals surface area contributed by atoms with E-state index in [0.717, 1.165) is 17.8 Å². The van der Waals surface area contributed by atoms with Crippen molar-refractivity contribution in [3.8, 4) is 0 Å². The molecule has 1 rings (SSSR count). The van der Waals surface area contributed by atoms with Crippen LogP contribution in [0.2, 0.25) is 0 Å². The minimum Gasteiger partial charge on any atom is -0.286 e. The molecule has 0 aliphatic carbocycles. The molecule has 0 aromatic heterocycles. The fraction of sp³-hybridized carbons (Fsp3) is 0.222. The van der Waals surface area contributed by atoms with Crippen molar-refractivity contribution in [2.24, 2.45) is 0 Å². The van der Waals surface area contributed by atoms with Gasteiger partial charge in [-0.3, -0.25) is 4.79 Å². The summed E-state index contributed by atoms with van der Waals surface area (Å²) < 4.78 is 39.1. The Labute approximate surface area is 107 Å². The van der Waals surface area contributed by atoms with Crippen molar-refractivity contribution in [2.75, 3.05) is 6.26 Å². The number of hydrogen-bond donors (Lipinski definition) is 0. The number of carbonyl (C=O) groups excluding carboxylic acids is 1. The van der Waals surface area contributed by atoms with Gasteiger partial charge >= 0.3 is 5.38 Å². The molecule has 1 aromatic carbocycles. The van der Waals surface area contributed by atoms with Gasteiger partial charge in [-0.25, -0.2) is 4.39 Å². The highest BCUT2D eigenvalue weighted by molar-refractivity contribution is 9.10. The summed E-state index contributed by atoms with van der Waals surface area (Å²) in [7, 11) is 0. The second kappa shape index (κ2) is 4.98. The molecule has 0 N–H and O–H groups in total. The molecular formula is C9H5BrClF3OS. The van der Waals surface area contributed by atoms with Gasteiger partial charge in [-0.2, -0.15) is 8.78 Å². The molecule has 7 heteroatoms. The summed E-state index contributed by atoms with van der Waals surface area (Å²) in [4.78, 5) is 11.3. The molecule has 0 amide bonds. The fourth-order valence-electron chi connectivity index (χ4n) is 1.03. The predicted octanol–water partition coefficient (Wildman–Crippen LogP) is 4.32. The molecular weight excluding hydrogens is 329 g/mol. The van der Waals surface area contributed by atoms with Crippen LogP contribution in [-0.2, 0) is 0 Å². The standard InChI is InChI=1S/C9H5BrClF3OS/c1-16-6-3-4(10)2-5(7(6)12)8(15)9(11,13)14/h2-3H,1H3. The number of Topliss-reactive ketones (excluding diaryl/α,β-unsaturated/α-hetero) is 1. The summed E-state index contributed by atoms with van der Waals surface area (Å²) in [6, 6.07) is 2.37. The molecule has 0 saturated carbocycles. The molecule has 0 spiro atoms. The van der Waals surface area contributed by atoms with E-state index in [0.29, 0.717) is 4.47 Å². The third-order valence-corrected chi connectivity index (χ3v) is 3.09. The van der Waals surface area contributed by atoms with Crippen LogP contribution >= 0.6 is 39.3 Å². The average Bonchev–Trinajstić information content (AvgIpc) is 2.18. The number of alkyl halides is 3. The zero-order valence-electron chi connectivity index (χ0n) is 7.86. The molecule has 0 saturated heterocycles. The van der Waals surface area contributed by atoms with Gasteiger partial charge in [-0.05, 0) is 30.0 Å². The highest BCUT2D eigenvalue weighted by Gasteiger charge is 2.38. The molecule has 0 aliphatic rings. The van der Waals surface area contributed by atoms with Crippen LogP contribution in [0.25, 0.3) is 0 Å². The Hall–Kier alpha value is -0.200. The highest BCUT2D eigenvalue weighted by Crippen LogP contribution is 2.31. The molecule has 0 atom stereocenters. The molecule has 0 bridgehead atoms. The molecule has 88 valence electrons. The van der Waals surface area contributed by atoms with E-state index in [9.17, 15) is 18.0 Å². The molecule has 0 radical (unpaired) electrons. The van der Waals surface area contributed by atoms with Gasteiger partial charge in [-0.15, -0.1) is 11.8 Å². The smallest absolute Gasteiger partial charge is 0.286 e. The van der Waals surface area contributed by atoms with Crippen LogP contribution < -0.4 is 0 Å². The summed E-state index contributed by atoms with van der Waals surface area (Å²) in [5.74, 6) is -2.73. The van der Waals surface area contributed by atoms with Gasteiger partial charge < -0.3 is 0 Å². The number of benzene rings is 1. The van der Waals surface area contributed by atoms with Crippen molar-refractivity contribution in [2.45, 2.75) is 10.3 Å². The van der Waals surface area contributed by atoms with E-state index in [4.69, 9.17) is 0 Å². The molecule has 0 heterocycles. The molecule has 16 heavy (non-hydrogen) atoms. The third kappa shape index (κ3) is 2.93. The van der Waals surface area contributed by atoms with Crippen molar-refractivity contribution >= 4 is 45.1 Å². The Morgan fingerprint density at radius 3 is 2.50 bits per heavy atom. The van der Waals surface area contributed by atoms with Crippen LogP contribution in [0, 0.1) is 5.82 Å². The van der Waals surface area contributed by atoms with E-state index in [1.54, 1.807) is 6.26 Å². The zero-order valence-corrected chi connectivity index (χ0v) is 11.0. The Morgan fingerprint density at radius 1 is 1.50 bits per heavy atom. The van der Waals surface area contributed by atoms with Crippen LogP contribution in [0.3, 0.4) is 0 Å². The second-order valence-electron chi connectivity index (χ2n) is 2.80. The van der Waals surface area contributed by atoms with Crippen molar-refractivity contribution in [3.63, 3.8) is 0 Å². The minimum absolute atomic E-state index is 0.0960. The molecule has 1 aromatic rings. The number of carbonyl (C=O) groups is 1. The van der Waals surface area contributed by atoms with E-state index in [1.807, 2.05) is 0 Å². The van der Waals surface area contributed by atoms with Crippen LogP contribution in [-0.4, -0.2) is 17.4 Å². The minimum atomic E-state index is -4.10. The summed E-state index contributed by atoms with van der Waals surface area (Å²) in [6.07, 6.45) is 1.57. The largest absolute Gasteiger partial charge is 0.385 e. The second-order valence-corrected chi connectivity index (χ2v) is 5.03. The zero-order chi connectivity index (χ0) is 12.5. The average molecular weight is 334 g/mol. The molecule has 0 aliphatic heterocycles. The van der Waals surface area contributed by atoms with Gasteiger partial charge in [0.25, 0.3) is 5.78 Å². The van der Waals surface area contributed by atoms with Gasteiger partial charge in [-0.1, -0.05) is 15.9 Å². The number of halogens is 5. The number of rotatable bonds is 3. The first-order valence-corrected chi connectivity index (χ1v) is 6.31. The SMILES string of the molecule is CSc1cc(Br)cc(C(=O)C(F)(F)Cl)c1F. The molecule has 0 unspecified atom stereocenters. The van der Waals surface area contributed by atoms with Gasteiger partial charge in [0.2, 0.25) is 0 Å². The fourth-order valence-corrected chi connectivity index (χ4v) is 2.28. The summed E-state index contributed by atoms with van der Waals surface area (Å²) in [5.41, 5.74) is -0.723. The number of thioether (sulfide) groups is 1. The summed E-state index contributed by atoms with van der Waals surface area (Å²) in [5, 5.41) is -4.10. The lowest BCUT2D eigenvalue weighted by molar-refractivity contribution is 0.0531. The molecule has 1 nitrogen and oxygen atoms in total. The quantitative estimate of drug-likeness (QED) is 0.465. The Kier molecular flexibility index (Phi) is 4.31. The van der Waals surface area contributed by atoms with Crippen molar-refractivity contribution in [1.82, 2.24) is 0 Å². The maximum atomic E-state index is 13.6. The monoisotopic (exact) mass is 332 g/mol. The lowest BCUT2D eigenvalue weighted by Gasteiger charge is -2.10. The van der Waals surface area contributed by atoms with Crippen LogP contribution in [0.5, 0.6) is 0 Å². The predicted molar refractivity (Wildman–Crippen MR) is 61.0 cm³/mol. The van der Waals surface area contributed by atoms with E-state index >= 15 is 0 Å². The first-order valence-electron chi connectivity index (χ1n) is 3.92. The highest BCUT2D eigenvalue weighted by atomic mass is 79.9. The van der Waals surface area contributed by atoms with E-state index < -0.39 is 22.5 Å². The van der Waals surface area contributed by atoms with Crippen molar-refractivity contribution < 1.29 is 18.0 Å². The molecule has 0 fully saturated rings. The normalized spacial score (nSPS) is 11.6. The number of hydrogen-bond acceptors (Lipinski definition) is 2. The van der Waals surface area contributed by atoms with E-state index in [2.05, 4.69) is 27.5 Å². The Balaban J connectivity index is 3.34. The van der Waals surface area contributed by atoms with Crippen LogP contribution in [0.15, 0.2) is 21.5 Å². The maximum Gasteiger partial charge on any atom is 0.385 e. The topological polar surface area (TPSA) is 17.1 Å². The van der Waals surface area contributed by atoms with E-state index in [-0.39, 0.29) is 4.90 Å². The number of ketones is 1. The van der Waals surface area contributed by atoms with Gasteiger partial charge in [0.05, 0.1) is 5.56 Å². The first-order chi connectivity index (χ1) is 7.27. The van der Waals surface area contributed by atoms with Gasteiger partial charge in [0.1, 0.15) is 5.82 Å². The van der Waals surface area contributed by atoms with Gasteiger partial charge in [0, 0.05) is 9.37 Å². The van der Waals surface area contributed by atoms with Gasteiger partial charge in [0.15, 0.2) is 0 Å². The lowest BCUT2D eigenvalue weighted by Crippen LogP contribution is -2.22. The van der Waals surface area contributed by atoms with Crippen LogP contribution in [0.1, 0.15) is 10.4 Å². The third-order valence-electron chi connectivity index (χ3n) is 1.73. The van der Waals surface area contributed by atoms with Crippen molar-refractivity contribution in [1.29, 1.82) is 0 Å². The first kappa shape index (κ1) is 13.9. The van der Waals surface area contributed by atoms with Crippen LogP contribution in [0.4, 0.5) is 13.2 Å². The Morgan fingerprint density at radius 2 is 2.06 bits per heavy atom. The summed E-state index contributed by atoms with van der Waals surface area (Å²) >= 11 is 8.58. The Bertz CT molecular complexity index is 433. The lowest BCUT2D eigenvalue weighted by atomic mass is 10.1. The summed E-state index contributed by atoms with van der Waals surface area (Å²) in [6.45, 7) is 0. The van der Waals surface area contributed by atoms with E-state index in [1.165, 1.54) is 6.07 Å². The van der Waals surface area contributed by atoms with Crippen molar-refractivity contribution in [3.05, 3.63) is 28.0 Å². The maximum absolute atomic E-state index is 13.6.